The van der Waals surface area contributed by atoms with Crippen molar-refractivity contribution >= 4 is 57.1 Å². The number of esters is 1. The number of carbonyl (C=O) groups is 2. The molecular formula is C16H13Cl2N3O3S. The molecule has 9 heteroatoms. The van der Waals surface area contributed by atoms with E-state index in [1.54, 1.807) is 36.7 Å². The minimum atomic E-state index is -1.02. The van der Waals surface area contributed by atoms with Crippen LogP contribution in [-0.2, 0) is 9.53 Å². The lowest BCUT2D eigenvalue weighted by atomic mass is 10.2. The molecule has 2 heterocycles. The Balaban J connectivity index is 1.73. The Kier molecular flexibility index (Phi) is 4.99. The number of benzene rings is 1. The number of thiazole rings is 1. The number of nitrogens with zero attached hydrogens (tertiary/aromatic N) is 2. The van der Waals surface area contributed by atoms with Gasteiger partial charge in [0.25, 0.3) is 5.91 Å². The molecule has 3 rings (SSSR count). The van der Waals surface area contributed by atoms with E-state index in [-0.39, 0.29) is 10.8 Å². The van der Waals surface area contributed by atoms with E-state index in [1.165, 1.54) is 22.7 Å². The first-order valence-corrected chi connectivity index (χ1v) is 8.90. The first kappa shape index (κ1) is 17.7. The summed E-state index contributed by atoms with van der Waals surface area (Å²) in [5.74, 6) is -1.19. The SMILES string of the molecule is Cc1c(Cl)cccc1NC(=O)[C@H](C)OC(=O)c1c(Cl)nc2sccn12. The van der Waals surface area contributed by atoms with Crippen molar-refractivity contribution in [2.24, 2.45) is 0 Å². The van der Waals surface area contributed by atoms with Crippen LogP contribution in [0.2, 0.25) is 10.2 Å². The Bertz CT molecular complexity index is 967. The predicted octanol–water partition coefficient (Wildman–Crippen LogP) is 4.20. The second kappa shape index (κ2) is 7.03. The standard InChI is InChI=1S/C16H13Cl2N3O3S/c1-8-10(17)4-3-5-11(8)19-14(22)9(2)24-15(23)12-13(18)20-16-21(12)6-7-25-16/h3-7,9H,1-2H3,(H,19,22)/t9-/m0/s1. The maximum Gasteiger partial charge on any atom is 0.359 e. The van der Waals surface area contributed by atoms with Gasteiger partial charge in [0.15, 0.2) is 21.9 Å². The van der Waals surface area contributed by atoms with E-state index < -0.39 is 18.0 Å². The number of aromatic nitrogens is 2. The lowest BCUT2D eigenvalue weighted by Crippen LogP contribution is -2.30. The van der Waals surface area contributed by atoms with Crippen molar-refractivity contribution in [1.29, 1.82) is 0 Å². The zero-order valence-corrected chi connectivity index (χ0v) is 15.6. The summed E-state index contributed by atoms with van der Waals surface area (Å²) in [6, 6.07) is 5.17. The molecule has 0 fully saturated rings. The second-order valence-electron chi connectivity index (χ2n) is 5.26. The van der Waals surface area contributed by atoms with E-state index in [0.717, 1.165) is 5.56 Å². The van der Waals surface area contributed by atoms with Crippen LogP contribution in [0.25, 0.3) is 4.96 Å². The fourth-order valence-corrected chi connectivity index (χ4v) is 3.38. The van der Waals surface area contributed by atoms with Crippen LogP contribution in [0.5, 0.6) is 0 Å². The first-order valence-electron chi connectivity index (χ1n) is 7.26. The Morgan fingerprint density at radius 3 is 2.88 bits per heavy atom. The molecule has 0 radical (unpaired) electrons. The third-order valence-electron chi connectivity index (χ3n) is 3.59. The van der Waals surface area contributed by atoms with Crippen LogP contribution < -0.4 is 5.32 Å². The smallest absolute Gasteiger partial charge is 0.359 e. The average Bonchev–Trinajstić information content (AvgIpc) is 3.11. The molecule has 0 aliphatic carbocycles. The molecule has 0 saturated heterocycles. The molecule has 130 valence electrons. The van der Waals surface area contributed by atoms with Gasteiger partial charge in [-0.25, -0.2) is 9.78 Å². The summed E-state index contributed by atoms with van der Waals surface area (Å²) >= 11 is 13.4. The van der Waals surface area contributed by atoms with Gasteiger partial charge in [-0.1, -0.05) is 29.3 Å². The summed E-state index contributed by atoms with van der Waals surface area (Å²) in [5, 5.41) is 5.04. The molecule has 0 unspecified atom stereocenters. The van der Waals surface area contributed by atoms with E-state index in [4.69, 9.17) is 27.9 Å². The maximum absolute atomic E-state index is 12.4. The normalized spacial score (nSPS) is 12.2. The molecule has 0 spiro atoms. The molecule has 0 aliphatic heterocycles. The number of amides is 1. The van der Waals surface area contributed by atoms with Gasteiger partial charge in [-0.15, -0.1) is 11.3 Å². The van der Waals surface area contributed by atoms with Crippen molar-refractivity contribution in [3.05, 3.63) is 51.2 Å². The minimum absolute atomic E-state index is 0.0372. The summed E-state index contributed by atoms with van der Waals surface area (Å²) in [4.78, 5) is 29.3. The number of carbonyl (C=O) groups excluding carboxylic acids is 2. The molecule has 2 aromatic heterocycles. The van der Waals surface area contributed by atoms with Crippen LogP contribution in [0.1, 0.15) is 23.0 Å². The van der Waals surface area contributed by atoms with Crippen LogP contribution in [-0.4, -0.2) is 27.4 Å². The van der Waals surface area contributed by atoms with Crippen molar-refractivity contribution < 1.29 is 14.3 Å². The quantitative estimate of drug-likeness (QED) is 0.669. The summed E-state index contributed by atoms with van der Waals surface area (Å²) in [7, 11) is 0. The highest BCUT2D eigenvalue weighted by Gasteiger charge is 2.25. The molecule has 0 saturated carbocycles. The average molecular weight is 398 g/mol. The minimum Gasteiger partial charge on any atom is -0.448 e. The number of rotatable bonds is 4. The Morgan fingerprint density at radius 2 is 2.12 bits per heavy atom. The van der Waals surface area contributed by atoms with Gasteiger partial charge >= 0.3 is 5.97 Å². The van der Waals surface area contributed by atoms with Gasteiger partial charge in [0.1, 0.15) is 0 Å². The van der Waals surface area contributed by atoms with E-state index in [1.807, 2.05) is 0 Å². The monoisotopic (exact) mass is 397 g/mol. The van der Waals surface area contributed by atoms with Crippen molar-refractivity contribution in [2.75, 3.05) is 5.32 Å². The van der Waals surface area contributed by atoms with Crippen molar-refractivity contribution in [3.63, 3.8) is 0 Å². The van der Waals surface area contributed by atoms with Crippen molar-refractivity contribution in [3.8, 4) is 0 Å². The lowest BCUT2D eigenvalue weighted by Gasteiger charge is -2.15. The van der Waals surface area contributed by atoms with E-state index >= 15 is 0 Å². The molecule has 1 aromatic carbocycles. The summed E-state index contributed by atoms with van der Waals surface area (Å²) in [5.41, 5.74) is 1.38. The van der Waals surface area contributed by atoms with Gasteiger partial charge < -0.3 is 10.1 Å². The third kappa shape index (κ3) is 3.49. The predicted molar refractivity (Wildman–Crippen MR) is 97.8 cm³/mol. The van der Waals surface area contributed by atoms with E-state index in [9.17, 15) is 9.59 Å². The molecule has 25 heavy (non-hydrogen) atoms. The molecule has 1 atom stereocenters. The molecule has 1 N–H and O–H groups in total. The van der Waals surface area contributed by atoms with Gasteiger partial charge in [-0.2, -0.15) is 0 Å². The zero-order valence-electron chi connectivity index (χ0n) is 13.2. The van der Waals surface area contributed by atoms with Gasteiger partial charge in [-0.05, 0) is 31.5 Å². The number of halogens is 2. The summed E-state index contributed by atoms with van der Waals surface area (Å²) < 4.78 is 6.76. The molecule has 0 aliphatic rings. The molecule has 3 aromatic rings. The zero-order chi connectivity index (χ0) is 18.1. The van der Waals surface area contributed by atoms with Crippen molar-refractivity contribution in [1.82, 2.24) is 9.38 Å². The fraction of sp³-hybridized carbons (Fsp3) is 0.188. The Labute approximate surface area is 157 Å². The van der Waals surface area contributed by atoms with Gasteiger partial charge in [0.05, 0.1) is 0 Å². The molecule has 1 amide bonds. The fourth-order valence-electron chi connectivity index (χ4n) is 2.19. The number of hydrogen-bond donors (Lipinski definition) is 1. The summed E-state index contributed by atoms with van der Waals surface area (Å²) in [6.07, 6.45) is 0.640. The maximum atomic E-state index is 12.4. The van der Waals surface area contributed by atoms with Crippen LogP contribution in [0, 0.1) is 6.92 Å². The number of hydrogen-bond acceptors (Lipinski definition) is 5. The summed E-state index contributed by atoms with van der Waals surface area (Å²) in [6.45, 7) is 3.26. The highest BCUT2D eigenvalue weighted by molar-refractivity contribution is 7.15. The number of ether oxygens (including phenoxy) is 1. The largest absolute Gasteiger partial charge is 0.448 e. The lowest BCUT2D eigenvalue weighted by molar-refractivity contribution is -0.123. The van der Waals surface area contributed by atoms with Gasteiger partial charge in [-0.3, -0.25) is 9.20 Å². The highest BCUT2D eigenvalue weighted by Crippen LogP contribution is 2.24. The van der Waals surface area contributed by atoms with Crippen molar-refractivity contribution in [2.45, 2.75) is 20.0 Å². The van der Waals surface area contributed by atoms with Crippen LogP contribution in [0.4, 0.5) is 5.69 Å². The Hall–Kier alpha value is -2.09. The van der Waals surface area contributed by atoms with Crippen LogP contribution in [0.3, 0.4) is 0 Å². The second-order valence-corrected chi connectivity index (χ2v) is 6.89. The van der Waals surface area contributed by atoms with Gasteiger partial charge in [0.2, 0.25) is 0 Å². The number of anilines is 1. The molecule has 0 bridgehead atoms. The number of fused-ring (bicyclic) bond motifs is 1. The molecular weight excluding hydrogens is 385 g/mol. The van der Waals surface area contributed by atoms with Crippen LogP contribution in [0.15, 0.2) is 29.8 Å². The molecule has 6 nitrogen and oxygen atoms in total. The Morgan fingerprint density at radius 1 is 1.36 bits per heavy atom. The third-order valence-corrected chi connectivity index (χ3v) is 5.02. The highest BCUT2D eigenvalue weighted by atomic mass is 35.5. The topological polar surface area (TPSA) is 72.7 Å². The van der Waals surface area contributed by atoms with Gasteiger partial charge in [0, 0.05) is 22.3 Å². The van der Waals surface area contributed by atoms with Crippen LogP contribution >= 0.6 is 34.5 Å². The first-order chi connectivity index (χ1) is 11.9. The number of imidazole rings is 1. The van der Waals surface area contributed by atoms with E-state index in [0.29, 0.717) is 15.7 Å². The number of nitrogens with one attached hydrogen (secondary N) is 1. The van der Waals surface area contributed by atoms with E-state index in [2.05, 4.69) is 10.3 Å².